The third-order valence-electron chi connectivity index (χ3n) is 5.76. The van der Waals surface area contributed by atoms with E-state index >= 15 is 0 Å². The lowest BCUT2D eigenvalue weighted by atomic mass is 9.91. The van der Waals surface area contributed by atoms with Gasteiger partial charge in [0, 0.05) is 18.2 Å². The van der Waals surface area contributed by atoms with E-state index in [2.05, 4.69) is 11.8 Å². The molecule has 0 saturated carbocycles. The van der Waals surface area contributed by atoms with Gasteiger partial charge in [-0.1, -0.05) is 25.1 Å². The molecule has 0 spiro atoms. The maximum absolute atomic E-state index is 13.2. The predicted molar refractivity (Wildman–Crippen MR) is 110 cm³/mol. The Morgan fingerprint density at radius 1 is 1.03 bits per heavy atom. The Bertz CT molecular complexity index is 876. The highest BCUT2D eigenvalue weighted by Crippen LogP contribution is 2.38. The number of hydrogen-bond acceptors (Lipinski definition) is 2. The quantitative estimate of drug-likeness (QED) is 0.434. The zero-order valence-corrected chi connectivity index (χ0v) is 17.9. The lowest BCUT2D eigenvalue weighted by Gasteiger charge is -2.38. The number of alkyl halides is 6. The molecule has 1 aliphatic heterocycles. The first kappa shape index (κ1) is 24.4. The van der Waals surface area contributed by atoms with Gasteiger partial charge in [0.25, 0.3) is 0 Å². The van der Waals surface area contributed by atoms with Crippen LogP contribution in [0.1, 0.15) is 48.1 Å². The normalized spacial score (nSPS) is 19.1. The van der Waals surface area contributed by atoms with E-state index in [0.717, 1.165) is 43.6 Å². The summed E-state index contributed by atoms with van der Waals surface area (Å²) in [6.07, 6.45) is -5.92. The van der Waals surface area contributed by atoms with Crippen LogP contribution in [0.25, 0.3) is 0 Å². The van der Waals surface area contributed by atoms with Crippen molar-refractivity contribution in [2.45, 2.75) is 44.6 Å². The molecule has 8 heteroatoms. The summed E-state index contributed by atoms with van der Waals surface area (Å²) in [7, 11) is 1.54. The second-order valence-corrected chi connectivity index (χ2v) is 8.28. The second-order valence-electron chi connectivity index (χ2n) is 8.28. The zero-order valence-electron chi connectivity index (χ0n) is 17.9. The first-order valence-electron chi connectivity index (χ1n) is 10.5. The average Bonchev–Trinajstić information content (AvgIpc) is 2.73. The Hall–Kier alpha value is -2.22. The van der Waals surface area contributed by atoms with Crippen molar-refractivity contribution >= 4 is 0 Å². The first-order valence-corrected chi connectivity index (χ1v) is 10.5. The van der Waals surface area contributed by atoms with Gasteiger partial charge < -0.3 is 4.74 Å². The van der Waals surface area contributed by atoms with Crippen LogP contribution in [-0.4, -0.2) is 25.1 Å². The molecular formula is C24H26F6NO. The summed E-state index contributed by atoms with van der Waals surface area (Å²) in [6.45, 7) is 3.71. The monoisotopic (exact) mass is 458 g/mol. The number of para-hydroxylation sites is 1. The van der Waals surface area contributed by atoms with E-state index in [1.54, 1.807) is 12.5 Å². The molecule has 1 heterocycles. The molecule has 2 nitrogen and oxygen atoms in total. The Morgan fingerprint density at radius 2 is 1.66 bits per heavy atom. The van der Waals surface area contributed by atoms with Gasteiger partial charge in [0.05, 0.1) is 18.2 Å². The summed E-state index contributed by atoms with van der Waals surface area (Å²) in [5, 5.41) is 0. The highest BCUT2D eigenvalue weighted by molar-refractivity contribution is 5.39. The number of methoxy groups -OCH3 is 1. The van der Waals surface area contributed by atoms with E-state index in [-0.39, 0.29) is 24.1 Å². The number of likely N-dealkylation sites (tertiary alicyclic amines) is 1. The van der Waals surface area contributed by atoms with Crippen LogP contribution in [0.3, 0.4) is 0 Å². The summed E-state index contributed by atoms with van der Waals surface area (Å²) in [5.74, 6) is 1.08. The molecule has 175 valence electrons. The van der Waals surface area contributed by atoms with Crippen molar-refractivity contribution in [3.63, 3.8) is 0 Å². The number of nitrogens with zero attached hydrogens (tertiary/aromatic N) is 1. The molecule has 32 heavy (non-hydrogen) atoms. The van der Waals surface area contributed by atoms with Gasteiger partial charge in [0.1, 0.15) is 5.75 Å². The molecule has 0 aliphatic carbocycles. The van der Waals surface area contributed by atoms with Gasteiger partial charge in [0.15, 0.2) is 0 Å². The number of ether oxygens (including phenoxy) is 1. The fourth-order valence-corrected chi connectivity index (χ4v) is 4.25. The molecule has 1 radical (unpaired) electrons. The minimum Gasteiger partial charge on any atom is -0.496 e. The minimum absolute atomic E-state index is 0.0305. The lowest BCUT2D eigenvalue weighted by Crippen LogP contribution is -2.38. The van der Waals surface area contributed by atoms with Crippen molar-refractivity contribution < 1.29 is 31.1 Å². The van der Waals surface area contributed by atoms with E-state index in [4.69, 9.17) is 4.74 Å². The third-order valence-corrected chi connectivity index (χ3v) is 5.76. The summed E-state index contributed by atoms with van der Waals surface area (Å²) in [6, 6.07) is 8.81. The van der Waals surface area contributed by atoms with Gasteiger partial charge in [-0.25, -0.2) is 0 Å². The Labute approximate surface area is 184 Å². The van der Waals surface area contributed by atoms with Gasteiger partial charge in [-0.05, 0) is 68.0 Å². The number of piperidine rings is 1. The fraction of sp³-hybridized carbons (Fsp3) is 0.458. The molecule has 2 unspecified atom stereocenters. The van der Waals surface area contributed by atoms with Crippen molar-refractivity contribution in [1.29, 1.82) is 0 Å². The van der Waals surface area contributed by atoms with E-state index in [1.165, 1.54) is 7.11 Å². The SMILES string of the molecule is COc1ccccc1C([CH]Cc1cc(C(F)(F)F)cc(C(F)(F)F)c1)N1CCCC(C)C1. The third kappa shape index (κ3) is 5.97. The molecule has 0 N–H and O–H groups in total. The molecular weight excluding hydrogens is 432 g/mol. The highest BCUT2D eigenvalue weighted by atomic mass is 19.4. The fourth-order valence-electron chi connectivity index (χ4n) is 4.25. The average molecular weight is 458 g/mol. The highest BCUT2D eigenvalue weighted by Gasteiger charge is 2.37. The molecule has 2 aromatic rings. The summed E-state index contributed by atoms with van der Waals surface area (Å²) >= 11 is 0. The Balaban J connectivity index is 1.94. The van der Waals surface area contributed by atoms with Gasteiger partial charge >= 0.3 is 12.4 Å². The van der Waals surface area contributed by atoms with Crippen LogP contribution < -0.4 is 4.74 Å². The van der Waals surface area contributed by atoms with Crippen molar-refractivity contribution in [2.75, 3.05) is 20.2 Å². The van der Waals surface area contributed by atoms with E-state index in [1.807, 2.05) is 18.2 Å². The number of hydrogen-bond donors (Lipinski definition) is 0. The van der Waals surface area contributed by atoms with Gasteiger partial charge in [-0.3, -0.25) is 4.90 Å². The standard InChI is InChI=1S/C24H26F6NO/c1-16-6-5-11-31(15-16)21(20-7-3-4-8-22(20)32-2)10-9-17-12-18(23(25,26)27)14-19(13-17)24(28,29)30/h3-4,7-8,10,12-14,16,21H,5-6,9,11,15H2,1-2H3. The van der Waals surface area contributed by atoms with Crippen LogP contribution in [0.4, 0.5) is 26.3 Å². The van der Waals surface area contributed by atoms with E-state index in [0.29, 0.717) is 11.7 Å². The van der Waals surface area contributed by atoms with Crippen LogP contribution in [0.2, 0.25) is 0 Å². The van der Waals surface area contributed by atoms with Crippen molar-refractivity contribution in [3.8, 4) is 5.75 Å². The molecule has 0 aromatic heterocycles. The van der Waals surface area contributed by atoms with Gasteiger partial charge in [-0.15, -0.1) is 0 Å². The predicted octanol–water partition coefficient (Wildman–Crippen LogP) is 6.95. The molecule has 2 atom stereocenters. The van der Waals surface area contributed by atoms with E-state index < -0.39 is 23.5 Å². The van der Waals surface area contributed by atoms with Gasteiger partial charge in [-0.2, -0.15) is 26.3 Å². The van der Waals surface area contributed by atoms with Gasteiger partial charge in [0.2, 0.25) is 0 Å². The first-order chi connectivity index (χ1) is 15.0. The van der Waals surface area contributed by atoms with Crippen LogP contribution in [0.15, 0.2) is 42.5 Å². The van der Waals surface area contributed by atoms with Crippen LogP contribution >= 0.6 is 0 Å². The Kier molecular flexibility index (Phi) is 7.43. The van der Waals surface area contributed by atoms with Crippen molar-refractivity contribution in [1.82, 2.24) is 4.90 Å². The maximum atomic E-state index is 13.2. The summed E-state index contributed by atoms with van der Waals surface area (Å²) < 4.78 is 84.9. The smallest absolute Gasteiger partial charge is 0.416 e. The van der Waals surface area contributed by atoms with Crippen LogP contribution in [-0.2, 0) is 18.8 Å². The molecule has 3 rings (SSSR count). The number of benzene rings is 2. The summed E-state index contributed by atoms with van der Waals surface area (Å²) in [5.41, 5.74) is -1.78. The van der Waals surface area contributed by atoms with Crippen LogP contribution in [0, 0.1) is 12.3 Å². The minimum atomic E-state index is -4.86. The molecule has 0 amide bonds. The Morgan fingerprint density at radius 3 is 2.22 bits per heavy atom. The molecule has 1 aliphatic rings. The lowest BCUT2D eigenvalue weighted by molar-refractivity contribution is -0.143. The molecule has 0 bridgehead atoms. The van der Waals surface area contributed by atoms with Crippen LogP contribution in [0.5, 0.6) is 5.75 Å². The van der Waals surface area contributed by atoms with E-state index in [9.17, 15) is 26.3 Å². The molecule has 2 aromatic carbocycles. The topological polar surface area (TPSA) is 12.5 Å². The molecule has 1 saturated heterocycles. The second kappa shape index (κ2) is 9.73. The maximum Gasteiger partial charge on any atom is 0.416 e. The van der Waals surface area contributed by atoms with Crippen molar-refractivity contribution in [3.05, 3.63) is 71.1 Å². The summed E-state index contributed by atoms with van der Waals surface area (Å²) in [4.78, 5) is 2.21. The van der Waals surface area contributed by atoms with Crippen molar-refractivity contribution in [2.24, 2.45) is 5.92 Å². The zero-order chi connectivity index (χ0) is 23.5. The number of rotatable bonds is 6. The molecule has 1 fully saturated rings. The largest absolute Gasteiger partial charge is 0.496 e. The number of halogens is 6.